The maximum atomic E-state index is 5.83. The lowest BCUT2D eigenvalue weighted by atomic mass is 10.1. The van der Waals surface area contributed by atoms with Gasteiger partial charge in [-0.05, 0) is 22.0 Å². The van der Waals surface area contributed by atoms with E-state index in [4.69, 9.17) is 4.74 Å². The van der Waals surface area contributed by atoms with Gasteiger partial charge in [-0.15, -0.1) is 0 Å². The SMILES string of the molecule is Brc1cc(OCC2CNC2)c2cncn2c1. The largest absolute Gasteiger partial charge is 0.491 e. The molecule has 3 rings (SSSR count). The molecule has 1 N–H and O–H groups in total. The van der Waals surface area contributed by atoms with Crippen LogP contribution < -0.4 is 10.1 Å². The number of aromatic nitrogens is 2. The number of nitrogens with zero attached hydrogens (tertiary/aromatic N) is 2. The Balaban J connectivity index is 1.85. The molecule has 5 heteroatoms. The lowest BCUT2D eigenvalue weighted by Crippen LogP contribution is -2.45. The van der Waals surface area contributed by atoms with Gasteiger partial charge in [0.15, 0.2) is 0 Å². The Labute approximate surface area is 102 Å². The number of rotatable bonds is 3. The van der Waals surface area contributed by atoms with Gasteiger partial charge in [-0.25, -0.2) is 4.98 Å². The number of pyridine rings is 1. The van der Waals surface area contributed by atoms with Gasteiger partial charge < -0.3 is 14.5 Å². The van der Waals surface area contributed by atoms with Crippen LogP contribution >= 0.6 is 15.9 Å². The first-order chi connectivity index (χ1) is 7.83. The van der Waals surface area contributed by atoms with E-state index in [0.717, 1.165) is 35.4 Å². The summed E-state index contributed by atoms with van der Waals surface area (Å²) in [6.45, 7) is 2.89. The highest BCUT2D eigenvalue weighted by atomic mass is 79.9. The number of imidazole rings is 1. The molecular formula is C11H12BrN3O. The maximum absolute atomic E-state index is 5.83. The summed E-state index contributed by atoms with van der Waals surface area (Å²) in [6, 6.07) is 1.99. The predicted octanol–water partition coefficient (Wildman–Crippen LogP) is 1.69. The molecule has 1 aliphatic heterocycles. The van der Waals surface area contributed by atoms with Crippen molar-refractivity contribution in [2.75, 3.05) is 19.7 Å². The fourth-order valence-electron chi connectivity index (χ4n) is 1.76. The highest BCUT2D eigenvalue weighted by Crippen LogP contribution is 2.25. The normalized spacial score (nSPS) is 16.3. The molecule has 0 atom stereocenters. The minimum atomic E-state index is 0.641. The summed E-state index contributed by atoms with van der Waals surface area (Å²) in [7, 11) is 0. The van der Waals surface area contributed by atoms with Crippen LogP contribution in [0.4, 0.5) is 0 Å². The first-order valence-electron chi connectivity index (χ1n) is 5.27. The third-order valence-electron chi connectivity index (χ3n) is 2.79. The van der Waals surface area contributed by atoms with Crippen LogP contribution in [0.1, 0.15) is 0 Å². The van der Waals surface area contributed by atoms with Crippen LogP contribution in [-0.4, -0.2) is 29.1 Å². The standard InChI is InChI=1S/C11H12BrN3O/c12-9-1-11(16-6-8-2-13-3-8)10-4-14-7-15(10)5-9/h1,4-5,7-8,13H,2-3,6H2. The van der Waals surface area contributed by atoms with E-state index in [2.05, 4.69) is 26.2 Å². The molecule has 0 aromatic carbocycles. The van der Waals surface area contributed by atoms with Crippen LogP contribution in [0.2, 0.25) is 0 Å². The zero-order valence-corrected chi connectivity index (χ0v) is 10.3. The summed E-state index contributed by atoms with van der Waals surface area (Å²) in [5.41, 5.74) is 1.01. The summed E-state index contributed by atoms with van der Waals surface area (Å²) in [5, 5.41) is 3.23. The molecule has 2 aromatic heterocycles. The van der Waals surface area contributed by atoms with Crippen LogP contribution in [0.15, 0.2) is 29.3 Å². The van der Waals surface area contributed by atoms with Gasteiger partial charge in [-0.3, -0.25) is 0 Å². The summed E-state index contributed by atoms with van der Waals surface area (Å²) in [6.07, 6.45) is 5.57. The van der Waals surface area contributed by atoms with Gasteiger partial charge in [0.25, 0.3) is 0 Å². The van der Waals surface area contributed by atoms with Crippen molar-refractivity contribution in [1.82, 2.24) is 14.7 Å². The third kappa shape index (κ3) is 1.81. The Kier molecular flexibility index (Phi) is 2.57. The maximum Gasteiger partial charge on any atom is 0.146 e. The Bertz CT molecular complexity index is 507. The van der Waals surface area contributed by atoms with Crippen molar-refractivity contribution < 1.29 is 4.74 Å². The second-order valence-corrected chi connectivity index (χ2v) is 4.96. The van der Waals surface area contributed by atoms with E-state index in [9.17, 15) is 0 Å². The molecule has 4 nitrogen and oxygen atoms in total. The number of halogens is 1. The number of hydrogen-bond acceptors (Lipinski definition) is 3. The summed E-state index contributed by atoms with van der Waals surface area (Å²) >= 11 is 3.47. The van der Waals surface area contributed by atoms with Gasteiger partial charge >= 0.3 is 0 Å². The summed E-state index contributed by atoms with van der Waals surface area (Å²) in [5.74, 6) is 1.53. The van der Waals surface area contributed by atoms with E-state index in [1.54, 1.807) is 6.33 Å². The van der Waals surface area contributed by atoms with Crippen molar-refractivity contribution in [1.29, 1.82) is 0 Å². The van der Waals surface area contributed by atoms with Crippen molar-refractivity contribution in [2.45, 2.75) is 0 Å². The van der Waals surface area contributed by atoms with Crippen LogP contribution in [0.25, 0.3) is 5.52 Å². The molecule has 1 aliphatic rings. The highest BCUT2D eigenvalue weighted by Gasteiger charge is 2.17. The molecule has 0 spiro atoms. The quantitative estimate of drug-likeness (QED) is 0.931. The Hall–Kier alpha value is -1.07. The molecular weight excluding hydrogens is 270 g/mol. The molecule has 1 fully saturated rings. The van der Waals surface area contributed by atoms with Crippen LogP contribution in [0.3, 0.4) is 0 Å². The van der Waals surface area contributed by atoms with Crippen LogP contribution in [-0.2, 0) is 0 Å². The Morgan fingerprint density at radius 2 is 2.44 bits per heavy atom. The predicted molar refractivity (Wildman–Crippen MR) is 64.7 cm³/mol. The van der Waals surface area contributed by atoms with Gasteiger partial charge in [0, 0.05) is 29.7 Å². The van der Waals surface area contributed by atoms with Gasteiger partial charge in [0.05, 0.1) is 19.1 Å². The fourth-order valence-corrected chi connectivity index (χ4v) is 2.19. The van der Waals surface area contributed by atoms with Crippen molar-refractivity contribution in [2.24, 2.45) is 5.92 Å². The Morgan fingerprint density at radius 3 is 3.19 bits per heavy atom. The van der Waals surface area contributed by atoms with Crippen LogP contribution in [0, 0.1) is 5.92 Å². The molecule has 0 bridgehead atoms. The van der Waals surface area contributed by atoms with Gasteiger partial charge in [0.1, 0.15) is 11.3 Å². The van der Waals surface area contributed by atoms with Gasteiger partial charge in [-0.1, -0.05) is 0 Å². The fraction of sp³-hybridized carbons (Fsp3) is 0.364. The topological polar surface area (TPSA) is 38.6 Å². The van der Waals surface area contributed by atoms with Crippen molar-refractivity contribution >= 4 is 21.4 Å². The molecule has 0 saturated carbocycles. The van der Waals surface area contributed by atoms with Crippen molar-refractivity contribution in [3.8, 4) is 5.75 Å². The molecule has 0 radical (unpaired) electrons. The zero-order chi connectivity index (χ0) is 11.0. The third-order valence-corrected chi connectivity index (χ3v) is 3.22. The lowest BCUT2D eigenvalue weighted by Gasteiger charge is -2.26. The molecule has 0 unspecified atom stereocenters. The highest BCUT2D eigenvalue weighted by molar-refractivity contribution is 9.10. The molecule has 1 saturated heterocycles. The lowest BCUT2D eigenvalue weighted by molar-refractivity contribution is 0.200. The van der Waals surface area contributed by atoms with Crippen molar-refractivity contribution in [3.05, 3.63) is 29.3 Å². The first kappa shape index (κ1) is 10.1. The van der Waals surface area contributed by atoms with E-state index in [1.807, 2.05) is 22.9 Å². The molecule has 0 amide bonds. The number of hydrogen-bond donors (Lipinski definition) is 1. The second kappa shape index (κ2) is 4.07. The number of fused-ring (bicyclic) bond motifs is 1. The smallest absolute Gasteiger partial charge is 0.146 e. The van der Waals surface area contributed by atoms with E-state index < -0.39 is 0 Å². The summed E-state index contributed by atoms with van der Waals surface area (Å²) < 4.78 is 8.79. The average Bonchev–Trinajstić information content (AvgIpc) is 2.62. The molecule has 16 heavy (non-hydrogen) atoms. The van der Waals surface area contributed by atoms with Crippen LogP contribution in [0.5, 0.6) is 5.75 Å². The van der Waals surface area contributed by atoms with E-state index in [-0.39, 0.29) is 0 Å². The van der Waals surface area contributed by atoms with Gasteiger partial charge in [-0.2, -0.15) is 0 Å². The zero-order valence-electron chi connectivity index (χ0n) is 8.69. The number of ether oxygens (including phenoxy) is 1. The molecule has 84 valence electrons. The minimum absolute atomic E-state index is 0.641. The average molecular weight is 282 g/mol. The Morgan fingerprint density at radius 1 is 1.56 bits per heavy atom. The monoisotopic (exact) mass is 281 g/mol. The molecule has 0 aliphatic carbocycles. The van der Waals surface area contributed by atoms with E-state index in [1.165, 1.54) is 0 Å². The second-order valence-electron chi connectivity index (χ2n) is 4.04. The van der Waals surface area contributed by atoms with E-state index in [0.29, 0.717) is 5.92 Å². The first-order valence-corrected chi connectivity index (χ1v) is 6.07. The molecule has 2 aromatic rings. The minimum Gasteiger partial charge on any atom is -0.491 e. The molecule has 3 heterocycles. The van der Waals surface area contributed by atoms with Crippen molar-refractivity contribution in [3.63, 3.8) is 0 Å². The van der Waals surface area contributed by atoms with Gasteiger partial charge in [0.2, 0.25) is 0 Å². The summed E-state index contributed by atoms with van der Waals surface area (Å²) in [4.78, 5) is 4.11. The number of nitrogens with one attached hydrogen (secondary N) is 1. The van der Waals surface area contributed by atoms with E-state index >= 15 is 0 Å².